The predicted molar refractivity (Wildman–Crippen MR) is 78.4 cm³/mol. The van der Waals surface area contributed by atoms with Gasteiger partial charge in [-0.2, -0.15) is 11.3 Å². The monoisotopic (exact) mass is 305 g/mol. The summed E-state index contributed by atoms with van der Waals surface area (Å²) in [5, 5.41) is 23.3. The Morgan fingerprint density at radius 1 is 1.43 bits per heavy atom. The molecule has 0 atom stereocenters. The first-order valence-electron chi connectivity index (χ1n) is 5.89. The lowest BCUT2D eigenvalue weighted by Gasteiger charge is -2.08. The molecule has 0 fully saturated rings. The van der Waals surface area contributed by atoms with E-state index in [2.05, 4.69) is 0 Å². The van der Waals surface area contributed by atoms with Crippen LogP contribution in [0.1, 0.15) is 11.1 Å². The number of nitrogens with zero attached hydrogens (tertiary/aromatic N) is 1. The van der Waals surface area contributed by atoms with Gasteiger partial charge in [0.25, 0.3) is 5.69 Å². The maximum atomic E-state index is 10.8. The SMILES string of the molecule is O=C(O)/C=C/c1cc([N+](=O)[O-])ccc1OCc1ccsc1. The number of rotatable bonds is 6. The summed E-state index contributed by atoms with van der Waals surface area (Å²) >= 11 is 1.54. The number of aliphatic carboxylic acids is 1. The number of nitro groups is 1. The van der Waals surface area contributed by atoms with Crippen LogP contribution in [0.3, 0.4) is 0 Å². The number of carbonyl (C=O) groups is 1. The lowest BCUT2D eigenvalue weighted by molar-refractivity contribution is -0.384. The third kappa shape index (κ3) is 4.15. The number of carboxylic acid groups (broad SMARTS) is 1. The molecule has 0 saturated carbocycles. The van der Waals surface area contributed by atoms with Crippen molar-refractivity contribution in [1.29, 1.82) is 0 Å². The van der Waals surface area contributed by atoms with E-state index in [1.807, 2.05) is 16.8 Å². The maximum Gasteiger partial charge on any atom is 0.328 e. The van der Waals surface area contributed by atoms with Crippen molar-refractivity contribution in [3.8, 4) is 5.75 Å². The van der Waals surface area contributed by atoms with Crippen molar-refractivity contribution in [3.05, 3.63) is 62.3 Å². The standard InChI is InChI=1S/C14H11NO5S/c16-14(17)4-1-11-7-12(15(18)19)2-3-13(11)20-8-10-5-6-21-9-10/h1-7,9H,8H2,(H,16,17)/b4-1+. The van der Waals surface area contributed by atoms with Crippen LogP contribution in [0.4, 0.5) is 5.69 Å². The fourth-order valence-electron chi connectivity index (χ4n) is 1.61. The second-order valence-corrected chi connectivity index (χ2v) is 4.85. The van der Waals surface area contributed by atoms with Crippen LogP contribution < -0.4 is 4.74 Å². The molecule has 0 aliphatic heterocycles. The first kappa shape index (κ1) is 14.7. The third-order valence-electron chi connectivity index (χ3n) is 2.58. The summed E-state index contributed by atoms with van der Waals surface area (Å²) in [7, 11) is 0. The molecule has 1 N–H and O–H groups in total. The zero-order valence-corrected chi connectivity index (χ0v) is 11.6. The molecule has 1 aromatic heterocycles. The molecule has 0 saturated heterocycles. The second-order valence-electron chi connectivity index (χ2n) is 4.07. The Balaban J connectivity index is 2.25. The molecular weight excluding hydrogens is 294 g/mol. The highest BCUT2D eigenvalue weighted by Crippen LogP contribution is 2.26. The summed E-state index contributed by atoms with van der Waals surface area (Å²) in [6.07, 6.45) is 2.19. The van der Waals surface area contributed by atoms with Crippen molar-refractivity contribution in [2.75, 3.05) is 0 Å². The third-order valence-corrected chi connectivity index (χ3v) is 3.32. The lowest BCUT2D eigenvalue weighted by Crippen LogP contribution is -1.97. The smallest absolute Gasteiger partial charge is 0.328 e. The van der Waals surface area contributed by atoms with Crippen molar-refractivity contribution in [2.24, 2.45) is 0 Å². The topological polar surface area (TPSA) is 89.7 Å². The van der Waals surface area contributed by atoms with Gasteiger partial charge in [0, 0.05) is 23.8 Å². The minimum Gasteiger partial charge on any atom is -0.488 e. The van der Waals surface area contributed by atoms with E-state index in [0.29, 0.717) is 17.9 Å². The minimum absolute atomic E-state index is 0.122. The number of thiophene rings is 1. The van der Waals surface area contributed by atoms with Crippen LogP contribution >= 0.6 is 11.3 Å². The van der Waals surface area contributed by atoms with E-state index in [0.717, 1.165) is 11.6 Å². The van der Waals surface area contributed by atoms with Gasteiger partial charge >= 0.3 is 5.97 Å². The van der Waals surface area contributed by atoms with Gasteiger partial charge in [-0.3, -0.25) is 10.1 Å². The van der Waals surface area contributed by atoms with Gasteiger partial charge in [-0.1, -0.05) is 0 Å². The number of non-ortho nitro benzene ring substituents is 1. The number of nitro benzene ring substituents is 1. The fourth-order valence-corrected chi connectivity index (χ4v) is 2.26. The van der Waals surface area contributed by atoms with Gasteiger partial charge in [0.1, 0.15) is 12.4 Å². The van der Waals surface area contributed by atoms with Crippen LogP contribution in [0.2, 0.25) is 0 Å². The zero-order chi connectivity index (χ0) is 15.2. The van der Waals surface area contributed by atoms with Gasteiger partial charge in [0.15, 0.2) is 0 Å². The molecule has 0 bridgehead atoms. The molecule has 2 aromatic rings. The normalized spacial score (nSPS) is 10.7. The van der Waals surface area contributed by atoms with Crippen molar-refractivity contribution < 1.29 is 19.6 Å². The highest BCUT2D eigenvalue weighted by molar-refractivity contribution is 7.07. The molecule has 0 amide bonds. The molecule has 108 valence electrons. The molecule has 21 heavy (non-hydrogen) atoms. The largest absolute Gasteiger partial charge is 0.488 e. The van der Waals surface area contributed by atoms with E-state index in [4.69, 9.17) is 9.84 Å². The number of hydrogen-bond donors (Lipinski definition) is 1. The summed E-state index contributed by atoms with van der Waals surface area (Å²) < 4.78 is 5.59. The van der Waals surface area contributed by atoms with E-state index >= 15 is 0 Å². The van der Waals surface area contributed by atoms with Crippen LogP contribution in [0, 0.1) is 10.1 Å². The molecule has 6 nitrogen and oxygen atoms in total. The predicted octanol–water partition coefficient (Wildman–Crippen LogP) is 3.33. The highest BCUT2D eigenvalue weighted by Gasteiger charge is 2.10. The van der Waals surface area contributed by atoms with Crippen LogP contribution in [-0.2, 0) is 11.4 Å². The van der Waals surface area contributed by atoms with Crippen molar-refractivity contribution >= 4 is 29.1 Å². The van der Waals surface area contributed by atoms with Crippen LogP contribution in [0.15, 0.2) is 41.1 Å². The molecule has 1 aromatic carbocycles. The van der Waals surface area contributed by atoms with Gasteiger partial charge < -0.3 is 9.84 Å². The second kappa shape index (κ2) is 6.67. The minimum atomic E-state index is -1.13. The molecule has 7 heteroatoms. The van der Waals surface area contributed by atoms with Crippen LogP contribution in [0.5, 0.6) is 5.75 Å². The first-order chi connectivity index (χ1) is 10.1. The Bertz CT molecular complexity index is 679. The Morgan fingerprint density at radius 2 is 2.24 bits per heavy atom. The first-order valence-corrected chi connectivity index (χ1v) is 6.84. The van der Waals surface area contributed by atoms with Crippen LogP contribution in [-0.4, -0.2) is 16.0 Å². The molecule has 0 aliphatic carbocycles. The summed E-state index contributed by atoms with van der Waals surface area (Å²) in [4.78, 5) is 20.8. The van der Waals surface area contributed by atoms with E-state index in [1.54, 1.807) is 0 Å². The van der Waals surface area contributed by atoms with Crippen molar-refractivity contribution in [1.82, 2.24) is 0 Å². The summed E-state index contributed by atoms with van der Waals surface area (Å²) in [5.74, 6) is -0.741. The number of ether oxygens (including phenoxy) is 1. The van der Waals surface area contributed by atoms with Crippen molar-refractivity contribution in [2.45, 2.75) is 6.61 Å². The molecule has 2 rings (SSSR count). The summed E-state index contributed by atoms with van der Waals surface area (Å²) in [6, 6.07) is 5.97. The van der Waals surface area contributed by atoms with Gasteiger partial charge in [-0.25, -0.2) is 4.79 Å². The summed E-state index contributed by atoms with van der Waals surface area (Å²) in [5.41, 5.74) is 1.20. The average Bonchev–Trinajstić information content (AvgIpc) is 2.96. The molecule has 0 aliphatic rings. The van der Waals surface area contributed by atoms with Crippen LogP contribution in [0.25, 0.3) is 6.08 Å². The van der Waals surface area contributed by atoms with Gasteiger partial charge in [0.05, 0.1) is 4.92 Å². The Kier molecular flexibility index (Phi) is 4.68. The van der Waals surface area contributed by atoms with Gasteiger partial charge in [0.2, 0.25) is 0 Å². The quantitative estimate of drug-likeness (QED) is 0.502. The zero-order valence-electron chi connectivity index (χ0n) is 10.8. The Labute approximate surface area is 124 Å². The average molecular weight is 305 g/mol. The number of carboxylic acids is 1. The highest BCUT2D eigenvalue weighted by atomic mass is 32.1. The van der Waals surface area contributed by atoms with E-state index < -0.39 is 10.9 Å². The van der Waals surface area contributed by atoms with Gasteiger partial charge in [-0.05, 0) is 34.5 Å². The van der Waals surface area contributed by atoms with E-state index in [-0.39, 0.29) is 5.69 Å². The Morgan fingerprint density at radius 3 is 2.86 bits per heavy atom. The molecule has 0 spiro atoms. The van der Waals surface area contributed by atoms with E-state index in [9.17, 15) is 14.9 Å². The van der Waals surface area contributed by atoms with E-state index in [1.165, 1.54) is 35.6 Å². The van der Waals surface area contributed by atoms with Gasteiger partial charge in [-0.15, -0.1) is 0 Å². The molecule has 0 unspecified atom stereocenters. The molecule has 0 radical (unpaired) electrons. The Hall–Kier alpha value is -2.67. The molecular formula is C14H11NO5S. The number of benzene rings is 1. The number of hydrogen-bond acceptors (Lipinski definition) is 5. The maximum absolute atomic E-state index is 10.8. The lowest BCUT2D eigenvalue weighted by atomic mass is 10.1. The summed E-state index contributed by atoms with van der Waals surface area (Å²) in [6.45, 7) is 0.315. The fraction of sp³-hybridized carbons (Fsp3) is 0.0714. The molecule has 1 heterocycles. The van der Waals surface area contributed by atoms with Crippen molar-refractivity contribution in [3.63, 3.8) is 0 Å².